The van der Waals surface area contributed by atoms with Gasteiger partial charge in [-0.25, -0.2) is 5.43 Å². The van der Waals surface area contributed by atoms with Crippen LogP contribution in [0.4, 0.5) is 0 Å². The van der Waals surface area contributed by atoms with Crippen molar-refractivity contribution in [3.8, 4) is 5.75 Å². The number of carbonyl (C=O) groups excluding carboxylic acids is 1. The van der Waals surface area contributed by atoms with Crippen LogP contribution in [-0.4, -0.2) is 53.2 Å². The lowest BCUT2D eigenvalue weighted by atomic mass is 10.0. The number of aliphatic hydroxyl groups excluding tert-OH is 2. The van der Waals surface area contributed by atoms with Gasteiger partial charge < -0.3 is 30.9 Å². The molecule has 0 saturated heterocycles. The first-order valence-corrected chi connectivity index (χ1v) is 10.2. The number of ether oxygens (including phenoxy) is 1. The molecule has 0 fully saturated rings. The van der Waals surface area contributed by atoms with Crippen molar-refractivity contribution in [1.29, 1.82) is 0 Å². The lowest BCUT2D eigenvalue weighted by molar-refractivity contribution is -0.118. The Hall–Kier alpha value is -3.27. The van der Waals surface area contributed by atoms with Gasteiger partial charge in [-0.2, -0.15) is 0 Å². The van der Waals surface area contributed by atoms with Crippen LogP contribution in [0.25, 0.3) is 0 Å². The molecule has 0 radical (unpaired) electrons. The molecule has 1 aromatic carbocycles. The number of nitrogens with zero attached hydrogens (tertiary/aromatic N) is 1. The van der Waals surface area contributed by atoms with E-state index in [1.807, 2.05) is 49.4 Å². The Morgan fingerprint density at radius 2 is 2.26 bits per heavy atom. The molecule has 0 aliphatic carbocycles. The number of hydrogen-bond donors (Lipinski definition) is 6. The monoisotopic (exact) mass is 425 g/mol. The van der Waals surface area contributed by atoms with Crippen LogP contribution in [0, 0.1) is 0 Å². The molecule has 3 unspecified atom stereocenters. The molecule has 4 rings (SSSR count). The zero-order valence-corrected chi connectivity index (χ0v) is 17.2. The van der Waals surface area contributed by atoms with E-state index >= 15 is 0 Å². The fourth-order valence-corrected chi connectivity index (χ4v) is 3.51. The van der Waals surface area contributed by atoms with Crippen molar-refractivity contribution in [2.24, 2.45) is 0 Å². The van der Waals surface area contributed by atoms with Gasteiger partial charge in [-0.05, 0) is 42.8 Å². The van der Waals surface area contributed by atoms with E-state index in [4.69, 9.17) is 9.84 Å². The van der Waals surface area contributed by atoms with Crippen LogP contribution in [0.5, 0.6) is 5.75 Å². The van der Waals surface area contributed by atoms with E-state index in [1.54, 1.807) is 17.3 Å². The predicted octanol–water partition coefficient (Wildman–Crippen LogP) is 0.114. The maximum absolute atomic E-state index is 12.9. The summed E-state index contributed by atoms with van der Waals surface area (Å²) in [6.45, 7) is 2.29. The number of allylic oxidation sites excluding steroid dienone is 2. The van der Waals surface area contributed by atoms with Crippen molar-refractivity contribution in [3.05, 3.63) is 77.4 Å². The van der Waals surface area contributed by atoms with Crippen molar-refractivity contribution in [3.63, 3.8) is 0 Å². The minimum absolute atomic E-state index is 0.0123. The average Bonchev–Trinajstić information content (AvgIpc) is 3.21. The highest BCUT2D eigenvalue weighted by Gasteiger charge is 2.33. The minimum Gasteiger partial charge on any atom is -0.491 e. The molecule has 164 valence electrons. The Morgan fingerprint density at radius 1 is 1.39 bits per heavy atom. The molecule has 6 N–H and O–H groups in total. The maximum Gasteiger partial charge on any atom is 0.274 e. The summed E-state index contributed by atoms with van der Waals surface area (Å²) < 4.78 is 5.55. The number of carbonyl (C=O) groups is 1. The average molecular weight is 425 g/mol. The molecule has 3 heterocycles. The van der Waals surface area contributed by atoms with Crippen molar-refractivity contribution in [2.75, 3.05) is 19.8 Å². The molecular weight excluding hydrogens is 398 g/mol. The molecule has 0 aromatic heterocycles. The number of hydrazine groups is 1. The number of aliphatic hydroxyl groups is 2. The van der Waals surface area contributed by atoms with Gasteiger partial charge in [0.2, 0.25) is 0 Å². The third kappa shape index (κ3) is 4.91. The Labute approximate surface area is 180 Å². The second-order valence-corrected chi connectivity index (χ2v) is 7.54. The predicted molar refractivity (Wildman–Crippen MR) is 115 cm³/mol. The van der Waals surface area contributed by atoms with Gasteiger partial charge in [0.05, 0.1) is 12.6 Å². The SMILES string of the molecule is CC1=CC(NC(=O)C2=CNC3C=CC(c4cccc(OCC(O)CO)c4)NN23)=CCN1. The Kier molecular flexibility index (Phi) is 6.26. The molecule has 0 spiro atoms. The lowest BCUT2D eigenvalue weighted by Gasteiger charge is -2.34. The van der Waals surface area contributed by atoms with Crippen molar-refractivity contribution in [2.45, 2.75) is 25.2 Å². The molecule has 0 saturated carbocycles. The van der Waals surface area contributed by atoms with Gasteiger partial charge in [-0.3, -0.25) is 9.80 Å². The largest absolute Gasteiger partial charge is 0.491 e. The Morgan fingerprint density at radius 3 is 3.06 bits per heavy atom. The first-order chi connectivity index (χ1) is 15.0. The summed E-state index contributed by atoms with van der Waals surface area (Å²) in [5.41, 5.74) is 6.58. The van der Waals surface area contributed by atoms with E-state index in [2.05, 4.69) is 21.4 Å². The first-order valence-electron chi connectivity index (χ1n) is 10.2. The van der Waals surface area contributed by atoms with Gasteiger partial charge >= 0.3 is 0 Å². The molecule has 1 aromatic rings. The molecule has 0 bridgehead atoms. The minimum atomic E-state index is -0.923. The quantitative estimate of drug-likeness (QED) is 0.341. The van der Waals surface area contributed by atoms with Gasteiger partial charge in [0, 0.05) is 24.1 Å². The van der Waals surface area contributed by atoms with Crippen molar-refractivity contribution in [1.82, 2.24) is 26.4 Å². The zero-order chi connectivity index (χ0) is 21.8. The summed E-state index contributed by atoms with van der Waals surface area (Å²) in [4.78, 5) is 12.9. The van der Waals surface area contributed by atoms with Gasteiger partial charge in [-0.1, -0.05) is 18.2 Å². The van der Waals surface area contributed by atoms with Crippen LogP contribution in [0.1, 0.15) is 18.5 Å². The van der Waals surface area contributed by atoms with Crippen LogP contribution in [0.15, 0.2) is 71.9 Å². The molecule has 3 aliphatic rings. The third-order valence-electron chi connectivity index (χ3n) is 5.13. The van der Waals surface area contributed by atoms with Crippen LogP contribution in [0.2, 0.25) is 0 Å². The van der Waals surface area contributed by atoms with Gasteiger partial charge in [-0.15, -0.1) is 0 Å². The smallest absolute Gasteiger partial charge is 0.274 e. The summed E-state index contributed by atoms with van der Waals surface area (Å²) in [6, 6.07) is 7.31. The number of rotatable bonds is 7. The van der Waals surface area contributed by atoms with Crippen LogP contribution < -0.4 is 26.1 Å². The van der Waals surface area contributed by atoms with Crippen molar-refractivity contribution < 1.29 is 19.7 Å². The molecule has 1 amide bonds. The molecule has 31 heavy (non-hydrogen) atoms. The maximum atomic E-state index is 12.9. The third-order valence-corrected chi connectivity index (χ3v) is 5.13. The highest BCUT2D eigenvalue weighted by Crippen LogP contribution is 2.27. The second-order valence-electron chi connectivity index (χ2n) is 7.54. The normalized spacial score (nSPS) is 22.9. The van der Waals surface area contributed by atoms with E-state index < -0.39 is 6.10 Å². The summed E-state index contributed by atoms with van der Waals surface area (Å²) in [7, 11) is 0. The first kappa shape index (κ1) is 21.0. The summed E-state index contributed by atoms with van der Waals surface area (Å²) >= 11 is 0. The van der Waals surface area contributed by atoms with Crippen LogP contribution in [-0.2, 0) is 4.79 Å². The highest BCUT2D eigenvalue weighted by atomic mass is 16.5. The number of amides is 1. The fourth-order valence-electron chi connectivity index (χ4n) is 3.51. The topological polar surface area (TPSA) is 118 Å². The van der Waals surface area contributed by atoms with E-state index in [1.165, 1.54) is 0 Å². The number of fused-ring (bicyclic) bond motifs is 1. The van der Waals surface area contributed by atoms with Gasteiger partial charge in [0.1, 0.15) is 30.3 Å². The van der Waals surface area contributed by atoms with E-state index in [9.17, 15) is 9.90 Å². The fraction of sp³-hybridized carbons (Fsp3) is 0.318. The van der Waals surface area contributed by atoms with E-state index in [0.29, 0.717) is 18.0 Å². The molecule has 3 aliphatic heterocycles. The van der Waals surface area contributed by atoms with Crippen LogP contribution >= 0.6 is 0 Å². The molecule has 9 heteroatoms. The summed E-state index contributed by atoms with van der Waals surface area (Å²) in [5, 5.41) is 29.6. The standard InChI is InChI=1S/C22H27N5O4/c1-14-9-16(7-8-23-14)25-22(30)20-11-24-21-6-5-19(26-27(20)21)15-3-2-4-18(10-15)31-13-17(29)12-28/h2-7,9-11,17,19,21,23-24,26,28-29H,8,12-13H2,1H3,(H,25,30). The van der Waals surface area contributed by atoms with E-state index in [-0.39, 0.29) is 31.3 Å². The van der Waals surface area contributed by atoms with Crippen molar-refractivity contribution >= 4 is 5.91 Å². The second kappa shape index (κ2) is 9.25. The molecule has 3 atom stereocenters. The summed E-state index contributed by atoms with van der Waals surface area (Å²) in [5.74, 6) is 0.388. The Bertz CT molecular complexity index is 955. The van der Waals surface area contributed by atoms with E-state index in [0.717, 1.165) is 17.0 Å². The summed E-state index contributed by atoms with van der Waals surface area (Å²) in [6.07, 6.45) is 8.46. The van der Waals surface area contributed by atoms with Gasteiger partial charge in [0.15, 0.2) is 0 Å². The lowest BCUT2D eigenvalue weighted by Crippen LogP contribution is -2.51. The number of hydrogen-bond acceptors (Lipinski definition) is 8. The number of benzene rings is 1. The number of nitrogens with one attached hydrogen (secondary N) is 4. The molecule has 9 nitrogen and oxygen atoms in total. The van der Waals surface area contributed by atoms with Gasteiger partial charge in [0.25, 0.3) is 5.91 Å². The Balaban J connectivity index is 1.43. The molecular formula is C22H27N5O4. The highest BCUT2D eigenvalue weighted by molar-refractivity contribution is 5.94. The van der Waals surface area contributed by atoms with Crippen LogP contribution in [0.3, 0.4) is 0 Å². The number of dihydropyridines is 1. The zero-order valence-electron chi connectivity index (χ0n) is 17.2.